The van der Waals surface area contributed by atoms with Crippen LogP contribution in [0.3, 0.4) is 0 Å². The molecule has 1 aromatic heterocycles. The van der Waals surface area contributed by atoms with Gasteiger partial charge in [0.2, 0.25) is 11.7 Å². The van der Waals surface area contributed by atoms with Crippen molar-refractivity contribution in [2.24, 2.45) is 5.73 Å². The fourth-order valence-corrected chi connectivity index (χ4v) is 1.68. The minimum absolute atomic E-state index is 0.246. The molecule has 18 heavy (non-hydrogen) atoms. The molecule has 1 heterocycles. The summed E-state index contributed by atoms with van der Waals surface area (Å²) in [6, 6.07) is 4.99. The van der Waals surface area contributed by atoms with E-state index < -0.39 is 0 Å². The standard InChI is InChI=1S/C12H14ClN3O2/c1-3-9(14)12-15-11(16-18-12)8-5-4-7(13)6-10(8)17-2/h4-6,9H,3,14H2,1-2H3/t9-/m1/s1. The van der Waals surface area contributed by atoms with Crippen molar-refractivity contribution >= 4 is 11.6 Å². The molecule has 0 spiro atoms. The van der Waals surface area contributed by atoms with Crippen LogP contribution in [0.5, 0.6) is 5.75 Å². The third-order valence-corrected chi connectivity index (χ3v) is 2.84. The Labute approximate surface area is 110 Å². The fraction of sp³-hybridized carbons (Fsp3) is 0.333. The summed E-state index contributed by atoms with van der Waals surface area (Å²) < 4.78 is 10.4. The van der Waals surface area contributed by atoms with Crippen LogP contribution < -0.4 is 10.5 Å². The largest absolute Gasteiger partial charge is 0.496 e. The molecule has 0 radical (unpaired) electrons. The molecule has 0 aliphatic rings. The first kappa shape index (κ1) is 12.9. The van der Waals surface area contributed by atoms with Gasteiger partial charge in [-0.05, 0) is 24.6 Å². The lowest BCUT2D eigenvalue weighted by Gasteiger charge is -2.04. The van der Waals surface area contributed by atoms with Crippen LogP contribution in [-0.4, -0.2) is 17.3 Å². The molecule has 1 atom stereocenters. The second-order valence-electron chi connectivity index (χ2n) is 3.82. The Morgan fingerprint density at radius 1 is 1.50 bits per heavy atom. The minimum Gasteiger partial charge on any atom is -0.496 e. The Morgan fingerprint density at radius 3 is 2.94 bits per heavy atom. The first-order chi connectivity index (χ1) is 8.65. The highest BCUT2D eigenvalue weighted by atomic mass is 35.5. The highest BCUT2D eigenvalue weighted by Crippen LogP contribution is 2.31. The van der Waals surface area contributed by atoms with Gasteiger partial charge in [0.15, 0.2) is 0 Å². The van der Waals surface area contributed by atoms with Gasteiger partial charge in [-0.3, -0.25) is 0 Å². The summed E-state index contributed by atoms with van der Waals surface area (Å²) >= 11 is 5.90. The summed E-state index contributed by atoms with van der Waals surface area (Å²) in [5, 5.41) is 4.49. The summed E-state index contributed by atoms with van der Waals surface area (Å²) in [5.41, 5.74) is 6.55. The number of benzene rings is 1. The molecule has 2 rings (SSSR count). The van der Waals surface area contributed by atoms with Crippen LogP contribution in [0.15, 0.2) is 22.7 Å². The second kappa shape index (κ2) is 5.37. The topological polar surface area (TPSA) is 74.2 Å². The Hall–Kier alpha value is -1.59. The van der Waals surface area contributed by atoms with Gasteiger partial charge in [-0.2, -0.15) is 4.98 Å². The van der Waals surface area contributed by atoms with Gasteiger partial charge in [0.25, 0.3) is 0 Å². The number of aromatic nitrogens is 2. The average molecular weight is 268 g/mol. The molecule has 0 amide bonds. The average Bonchev–Trinajstić information content (AvgIpc) is 2.87. The fourth-order valence-electron chi connectivity index (χ4n) is 1.52. The molecular formula is C12H14ClN3O2. The SMILES string of the molecule is CC[C@@H](N)c1nc(-c2ccc(Cl)cc2OC)no1. The van der Waals surface area contributed by atoms with Crippen molar-refractivity contribution in [3.05, 3.63) is 29.1 Å². The smallest absolute Gasteiger partial charge is 0.243 e. The lowest BCUT2D eigenvalue weighted by atomic mass is 10.2. The molecule has 0 unspecified atom stereocenters. The van der Waals surface area contributed by atoms with Gasteiger partial charge >= 0.3 is 0 Å². The van der Waals surface area contributed by atoms with Crippen molar-refractivity contribution in [3.8, 4) is 17.1 Å². The van der Waals surface area contributed by atoms with E-state index >= 15 is 0 Å². The van der Waals surface area contributed by atoms with E-state index in [4.69, 9.17) is 26.6 Å². The zero-order valence-corrected chi connectivity index (χ0v) is 10.9. The molecule has 0 saturated heterocycles. The van der Waals surface area contributed by atoms with Crippen LogP contribution >= 0.6 is 11.6 Å². The van der Waals surface area contributed by atoms with Crippen molar-refractivity contribution in [3.63, 3.8) is 0 Å². The Kier molecular flexibility index (Phi) is 3.84. The molecule has 96 valence electrons. The molecule has 1 aromatic carbocycles. The molecule has 2 aromatic rings. The number of hydrogen-bond donors (Lipinski definition) is 1. The monoisotopic (exact) mass is 267 g/mol. The molecule has 0 saturated carbocycles. The summed E-state index contributed by atoms with van der Waals surface area (Å²) in [6.45, 7) is 1.96. The zero-order valence-electron chi connectivity index (χ0n) is 10.2. The Balaban J connectivity index is 2.39. The van der Waals surface area contributed by atoms with Gasteiger partial charge < -0.3 is 15.0 Å². The molecule has 5 nitrogen and oxygen atoms in total. The summed E-state index contributed by atoms with van der Waals surface area (Å²) in [4.78, 5) is 4.26. The predicted molar refractivity (Wildman–Crippen MR) is 68.5 cm³/mol. The van der Waals surface area contributed by atoms with Gasteiger partial charge in [0.1, 0.15) is 5.75 Å². The molecule has 0 fully saturated rings. The van der Waals surface area contributed by atoms with Crippen molar-refractivity contribution in [1.82, 2.24) is 10.1 Å². The maximum Gasteiger partial charge on any atom is 0.243 e. The highest BCUT2D eigenvalue weighted by Gasteiger charge is 2.16. The number of halogens is 1. The molecule has 0 bridgehead atoms. The number of rotatable bonds is 4. The summed E-state index contributed by atoms with van der Waals surface area (Å²) in [5.74, 6) is 1.46. The first-order valence-electron chi connectivity index (χ1n) is 5.58. The normalized spacial score (nSPS) is 12.4. The van der Waals surface area contributed by atoms with E-state index in [1.54, 1.807) is 25.3 Å². The molecule has 0 aliphatic carbocycles. The van der Waals surface area contributed by atoms with Crippen LogP contribution in [0.1, 0.15) is 25.3 Å². The van der Waals surface area contributed by atoms with Gasteiger partial charge in [0, 0.05) is 5.02 Å². The lowest BCUT2D eigenvalue weighted by Crippen LogP contribution is -2.08. The number of hydrogen-bond acceptors (Lipinski definition) is 5. The summed E-state index contributed by atoms with van der Waals surface area (Å²) in [7, 11) is 1.56. The van der Waals surface area contributed by atoms with Crippen molar-refractivity contribution < 1.29 is 9.26 Å². The maximum absolute atomic E-state index is 5.90. The highest BCUT2D eigenvalue weighted by molar-refractivity contribution is 6.30. The van der Waals surface area contributed by atoms with E-state index in [9.17, 15) is 0 Å². The third-order valence-electron chi connectivity index (χ3n) is 2.60. The maximum atomic E-state index is 5.90. The van der Waals surface area contributed by atoms with Crippen LogP contribution in [0.25, 0.3) is 11.4 Å². The lowest BCUT2D eigenvalue weighted by molar-refractivity contribution is 0.352. The predicted octanol–water partition coefficient (Wildman–Crippen LogP) is 2.81. The van der Waals surface area contributed by atoms with Crippen molar-refractivity contribution in [2.45, 2.75) is 19.4 Å². The molecule has 6 heteroatoms. The van der Waals surface area contributed by atoms with E-state index in [2.05, 4.69) is 10.1 Å². The van der Waals surface area contributed by atoms with E-state index in [-0.39, 0.29) is 6.04 Å². The second-order valence-corrected chi connectivity index (χ2v) is 4.25. The number of methoxy groups -OCH3 is 1. The van der Waals surface area contributed by atoms with Crippen LogP contribution in [0, 0.1) is 0 Å². The minimum atomic E-state index is -0.246. The van der Waals surface area contributed by atoms with Crippen LogP contribution in [0.4, 0.5) is 0 Å². The number of nitrogens with zero attached hydrogens (tertiary/aromatic N) is 2. The van der Waals surface area contributed by atoms with Gasteiger partial charge in [0.05, 0.1) is 18.7 Å². The van der Waals surface area contributed by atoms with Gasteiger partial charge in [-0.1, -0.05) is 23.7 Å². The van der Waals surface area contributed by atoms with Crippen molar-refractivity contribution in [2.75, 3.05) is 7.11 Å². The molecule has 2 N–H and O–H groups in total. The van der Waals surface area contributed by atoms with E-state index in [0.29, 0.717) is 22.5 Å². The zero-order chi connectivity index (χ0) is 13.1. The van der Waals surface area contributed by atoms with E-state index in [0.717, 1.165) is 12.0 Å². The van der Waals surface area contributed by atoms with Crippen LogP contribution in [0.2, 0.25) is 5.02 Å². The van der Waals surface area contributed by atoms with E-state index in [1.165, 1.54) is 0 Å². The van der Waals surface area contributed by atoms with Gasteiger partial charge in [-0.25, -0.2) is 0 Å². The van der Waals surface area contributed by atoms with Crippen LogP contribution in [-0.2, 0) is 0 Å². The first-order valence-corrected chi connectivity index (χ1v) is 5.96. The number of nitrogens with two attached hydrogens (primary N) is 1. The molecule has 0 aliphatic heterocycles. The summed E-state index contributed by atoms with van der Waals surface area (Å²) in [6.07, 6.45) is 0.736. The quantitative estimate of drug-likeness (QED) is 0.922. The third kappa shape index (κ3) is 2.47. The van der Waals surface area contributed by atoms with Gasteiger partial charge in [-0.15, -0.1) is 0 Å². The van der Waals surface area contributed by atoms with Crippen molar-refractivity contribution in [1.29, 1.82) is 0 Å². The Bertz CT molecular complexity index is 542. The Morgan fingerprint density at radius 2 is 2.28 bits per heavy atom. The molecular weight excluding hydrogens is 254 g/mol. The number of ether oxygens (including phenoxy) is 1. The van der Waals surface area contributed by atoms with E-state index in [1.807, 2.05) is 6.92 Å².